The fourth-order valence-corrected chi connectivity index (χ4v) is 0.963. The Hall–Kier alpha value is -1.84. The number of furan rings is 1. The third-order valence-electron chi connectivity index (χ3n) is 1.55. The number of carboxylic acid groups (broad SMARTS) is 1. The molecule has 2 rings (SSSR count). The number of carbonyl (C=O) groups is 1. The first kappa shape index (κ1) is 6.84. The Kier molecular flexibility index (Phi) is 1.33. The van der Waals surface area contributed by atoms with Crippen molar-refractivity contribution in [1.82, 2.24) is 4.98 Å². The Bertz CT molecular complexity index is 433. The van der Waals surface area contributed by atoms with Crippen LogP contribution in [0.3, 0.4) is 0 Å². The van der Waals surface area contributed by atoms with Crippen LogP contribution in [-0.4, -0.2) is 16.1 Å². The topological polar surface area (TPSA) is 63.3 Å². The van der Waals surface area contributed by atoms with Crippen molar-refractivity contribution < 1.29 is 14.3 Å². The predicted octanol–water partition coefficient (Wildman–Crippen LogP) is 1.53. The summed E-state index contributed by atoms with van der Waals surface area (Å²) in [6.07, 6.45) is 2.78. The van der Waals surface area contributed by atoms with E-state index in [1.807, 2.05) is 0 Å². The molecule has 12 heavy (non-hydrogen) atoms. The van der Waals surface area contributed by atoms with Crippen molar-refractivity contribution in [2.45, 2.75) is 0 Å². The number of aromatic carboxylic acids is 1. The van der Waals surface area contributed by atoms with Crippen molar-refractivity contribution in [3.63, 3.8) is 0 Å². The van der Waals surface area contributed by atoms with Gasteiger partial charge in [-0.3, -0.25) is 4.98 Å². The Labute approximate surface area is 67.4 Å². The number of hydrogen-bond donors (Lipinski definition) is 1. The van der Waals surface area contributed by atoms with E-state index < -0.39 is 5.97 Å². The molecule has 0 aliphatic heterocycles. The molecule has 0 amide bonds. The molecule has 0 unspecified atom stereocenters. The highest BCUT2D eigenvalue weighted by Crippen LogP contribution is 2.13. The highest BCUT2D eigenvalue weighted by Gasteiger charge is 2.05. The van der Waals surface area contributed by atoms with Gasteiger partial charge in [0.05, 0.1) is 11.8 Å². The zero-order valence-electron chi connectivity index (χ0n) is 6.02. The summed E-state index contributed by atoms with van der Waals surface area (Å²) in [4.78, 5) is 14.4. The van der Waals surface area contributed by atoms with Crippen molar-refractivity contribution in [3.05, 3.63) is 30.2 Å². The van der Waals surface area contributed by atoms with Gasteiger partial charge in [-0.15, -0.1) is 0 Å². The van der Waals surface area contributed by atoms with Crippen molar-refractivity contribution in [1.29, 1.82) is 0 Å². The van der Waals surface area contributed by atoms with Gasteiger partial charge < -0.3 is 9.52 Å². The average molecular weight is 163 g/mol. The summed E-state index contributed by atoms with van der Waals surface area (Å²) >= 11 is 0. The molecule has 60 valence electrons. The smallest absolute Gasteiger partial charge is 0.337 e. The fraction of sp³-hybridized carbons (Fsp3) is 0. The van der Waals surface area contributed by atoms with Crippen LogP contribution in [-0.2, 0) is 0 Å². The van der Waals surface area contributed by atoms with E-state index in [2.05, 4.69) is 4.98 Å². The Morgan fingerprint density at radius 2 is 2.42 bits per heavy atom. The van der Waals surface area contributed by atoms with Gasteiger partial charge in [-0.1, -0.05) is 0 Å². The van der Waals surface area contributed by atoms with E-state index in [4.69, 9.17) is 9.52 Å². The second kappa shape index (κ2) is 2.34. The molecule has 0 saturated carbocycles. The summed E-state index contributed by atoms with van der Waals surface area (Å²) in [6, 6.07) is 3.13. The van der Waals surface area contributed by atoms with Gasteiger partial charge in [0.1, 0.15) is 5.52 Å². The van der Waals surface area contributed by atoms with Crippen LogP contribution >= 0.6 is 0 Å². The molecule has 0 aliphatic rings. The van der Waals surface area contributed by atoms with E-state index in [1.54, 1.807) is 6.07 Å². The van der Waals surface area contributed by atoms with E-state index in [0.717, 1.165) is 0 Å². The first-order valence-corrected chi connectivity index (χ1v) is 3.34. The lowest BCUT2D eigenvalue weighted by Gasteiger charge is -1.91. The van der Waals surface area contributed by atoms with Crippen LogP contribution in [0.4, 0.5) is 0 Å². The molecule has 0 aromatic carbocycles. The summed E-state index contributed by atoms with van der Waals surface area (Å²) < 4.78 is 4.98. The second-order valence-corrected chi connectivity index (χ2v) is 2.33. The number of fused-ring (bicyclic) bond motifs is 1. The van der Waals surface area contributed by atoms with Crippen LogP contribution in [0.2, 0.25) is 0 Å². The highest BCUT2D eigenvalue weighted by molar-refractivity contribution is 5.90. The summed E-state index contributed by atoms with van der Waals surface area (Å²) in [5, 5.41) is 8.60. The maximum Gasteiger partial charge on any atom is 0.337 e. The molecule has 0 aliphatic carbocycles. The molecule has 0 bridgehead atoms. The molecule has 2 heterocycles. The minimum atomic E-state index is -0.999. The molecule has 4 heteroatoms. The average Bonchev–Trinajstić information content (AvgIpc) is 2.49. The van der Waals surface area contributed by atoms with E-state index >= 15 is 0 Å². The predicted molar refractivity (Wildman–Crippen MR) is 41.0 cm³/mol. The number of pyridine rings is 1. The normalized spacial score (nSPS) is 10.3. The van der Waals surface area contributed by atoms with Crippen LogP contribution in [0.5, 0.6) is 0 Å². The Balaban J connectivity index is 2.68. The van der Waals surface area contributed by atoms with Crippen LogP contribution in [0.1, 0.15) is 10.4 Å². The van der Waals surface area contributed by atoms with Gasteiger partial charge in [0.25, 0.3) is 0 Å². The maximum atomic E-state index is 10.5. The van der Waals surface area contributed by atoms with Gasteiger partial charge in [-0.2, -0.15) is 0 Å². The molecule has 0 fully saturated rings. The van der Waals surface area contributed by atoms with Crippen molar-refractivity contribution >= 4 is 17.1 Å². The Morgan fingerprint density at radius 1 is 1.58 bits per heavy atom. The first-order valence-electron chi connectivity index (χ1n) is 3.34. The van der Waals surface area contributed by atoms with E-state index in [0.29, 0.717) is 11.1 Å². The van der Waals surface area contributed by atoms with Crippen LogP contribution < -0.4 is 0 Å². The van der Waals surface area contributed by atoms with Crippen LogP contribution in [0.25, 0.3) is 11.1 Å². The minimum absolute atomic E-state index is 0.137. The standard InChI is InChI=1S/C8H5NO3/c10-8(11)5-3-7-6(9-4-5)1-2-12-7/h1-4H,(H,10,11). The third kappa shape index (κ3) is 0.934. The molecule has 2 aromatic rings. The van der Waals surface area contributed by atoms with Gasteiger partial charge in [0.15, 0.2) is 5.58 Å². The minimum Gasteiger partial charge on any atom is -0.478 e. The first-order chi connectivity index (χ1) is 5.77. The molecular weight excluding hydrogens is 158 g/mol. The zero-order valence-corrected chi connectivity index (χ0v) is 6.02. The molecule has 4 nitrogen and oxygen atoms in total. The number of carboxylic acids is 1. The second-order valence-electron chi connectivity index (χ2n) is 2.33. The number of aromatic nitrogens is 1. The monoisotopic (exact) mass is 163 g/mol. The van der Waals surface area contributed by atoms with Crippen molar-refractivity contribution in [2.24, 2.45) is 0 Å². The molecule has 0 saturated heterocycles. The molecule has 0 radical (unpaired) electrons. The maximum absolute atomic E-state index is 10.5. The molecule has 0 spiro atoms. The van der Waals surface area contributed by atoms with Crippen molar-refractivity contribution in [2.75, 3.05) is 0 Å². The van der Waals surface area contributed by atoms with Gasteiger partial charge in [-0.25, -0.2) is 4.79 Å². The lowest BCUT2D eigenvalue weighted by molar-refractivity contribution is 0.0696. The number of rotatable bonds is 1. The SMILES string of the molecule is O=C(O)c1cnc2ccoc2c1. The summed E-state index contributed by atoms with van der Waals surface area (Å²) in [5.74, 6) is -0.999. The molecule has 1 N–H and O–H groups in total. The van der Waals surface area contributed by atoms with E-state index in [1.165, 1.54) is 18.5 Å². The summed E-state index contributed by atoms with van der Waals surface area (Å²) in [6.45, 7) is 0. The van der Waals surface area contributed by atoms with Gasteiger partial charge in [-0.05, 0) is 6.07 Å². The van der Waals surface area contributed by atoms with Gasteiger partial charge in [0, 0.05) is 12.3 Å². The zero-order chi connectivity index (χ0) is 8.55. The number of nitrogens with zero attached hydrogens (tertiary/aromatic N) is 1. The molecule has 2 aromatic heterocycles. The fourth-order valence-electron chi connectivity index (χ4n) is 0.963. The Morgan fingerprint density at radius 3 is 3.17 bits per heavy atom. The van der Waals surface area contributed by atoms with Gasteiger partial charge >= 0.3 is 5.97 Å². The highest BCUT2D eigenvalue weighted by atomic mass is 16.4. The third-order valence-corrected chi connectivity index (χ3v) is 1.55. The summed E-state index contributed by atoms with van der Waals surface area (Å²) in [5.41, 5.74) is 1.30. The molecular formula is C8H5NO3. The number of hydrogen-bond acceptors (Lipinski definition) is 3. The quantitative estimate of drug-likeness (QED) is 0.692. The van der Waals surface area contributed by atoms with Crippen LogP contribution in [0, 0.1) is 0 Å². The lowest BCUT2D eigenvalue weighted by atomic mass is 10.3. The largest absolute Gasteiger partial charge is 0.478 e. The van der Waals surface area contributed by atoms with Gasteiger partial charge in [0.2, 0.25) is 0 Å². The van der Waals surface area contributed by atoms with Crippen LogP contribution in [0.15, 0.2) is 29.0 Å². The molecule has 0 atom stereocenters. The van der Waals surface area contributed by atoms with Crippen molar-refractivity contribution in [3.8, 4) is 0 Å². The summed E-state index contributed by atoms with van der Waals surface area (Å²) in [7, 11) is 0. The van der Waals surface area contributed by atoms with E-state index in [-0.39, 0.29) is 5.56 Å². The lowest BCUT2D eigenvalue weighted by Crippen LogP contribution is -1.95. The van der Waals surface area contributed by atoms with E-state index in [9.17, 15) is 4.79 Å².